The van der Waals surface area contributed by atoms with Gasteiger partial charge in [-0.3, -0.25) is 4.79 Å². The molecule has 0 aromatic heterocycles. The number of rotatable bonds is 8. The summed E-state index contributed by atoms with van der Waals surface area (Å²) < 4.78 is 0. The summed E-state index contributed by atoms with van der Waals surface area (Å²) in [6.07, 6.45) is 6.81. The molecule has 0 bridgehead atoms. The van der Waals surface area contributed by atoms with Crippen LogP contribution in [0.1, 0.15) is 45.4 Å². The molecule has 3 nitrogen and oxygen atoms in total. The Bertz CT molecular complexity index is 186. The van der Waals surface area contributed by atoms with Crippen molar-refractivity contribution in [2.24, 2.45) is 17.6 Å². The van der Waals surface area contributed by atoms with Crippen molar-refractivity contribution in [2.45, 2.75) is 45.4 Å². The van der Waals surface area contributed by atoms with E-state index >= 15 is 0 Å². The fourth-order valence-corrected chi connectivity index (χ4v) is 1.75. The Hall–Kier alpha value is -0.570. The molecule has 88 valence electrons. The van der Waals surface area contributed by atoms with Crippen LogP contribution in [-0.2, 0) is 4.79 Å². The molecule has 0 spiro atoms. The van der Waals surface area contributed by atoms with Crippen molar-refractivity contribution >= 4 is 5.91 Å². The molecule has 0 saturated heterocycles. The summed E-state index contributed by atoms with van der Waals surface area (Å²) in [6, 6.07) is 0. The second-order valence-electron chi connectivity index (χ2n) is 4.65. The molecule has 0 aromatic rings. The van der Waals surface area contributed by atoms with Crippen molar-refractivity contribution in [3.63, 3.8) is 0 Å². The fraction of sp³-hybridized carbons (Fsp3) is 0.917. The molecule has 0 radical (unpaired) electrons. The van der Waals surface area contributed by atoms with Crippen molar-refractivity contribution in [1.82, 2.24) is 5.32 Å². The Balaban J connectivity index is 1.96. The molecule has 1 fully saturated rings. The maximum atomic E-state index is 11.5. The van der Waals surface area contributed by atoms with Crippen LogP contribution in [0.3, 0.4) is 0 Å². The minimum Gasteiger partial charge on any atom is -0.356 e. The number of nitrogens with two attached hydrogens (primary N) is 1. The van der Waals surface area contributed by atoms with Crippen LogP contribution in [0.2, 0.25) is 0 Å². The Morgan fingerprint density at radius 1 is 1.53 bits per heavy atom. The van der Waals surface area contributed by atoms with Gasteiger partial charge >= 0.3 is 0 Å². The van der Waals surface area contributed by atoms with E-state index in [0.717, 1.165) is 25.3 Å². The zero-order valence-corrected chi connectivity index (χ0v) is 9.80. The summed E-state index contributed by atoms with van der Waals surface area (Å²) >= 11 is 0. The Kier molecular flexibility index (Phi) is 5.69. The lowest BCUT2D eigenvalue weighted by molar-refractivity contribution is -0.122. The fourth-order valence-electron chi connectivity index (χ4n) is 1.75. The first-order valence-corrected chi connectivity index (χ1v) is 6.23. The summed E-state index contributed by atoms with van der Waals surface area (Å²) in [4.78, 5) is 11.5. The molecule has 1 saturated carbocycles. The van der Waals surface area contributed by atoms with E-state index in [0.29, 0.717) is 18.9 Å². The van der Waals surface area contributed by atoms with Crippen LogP contribution in [0.4, 0.5) is 0 Å². The summed E-state index contributed by atoms with van der Waals surface area (Å²) in [5.74, 6) is 1.49. The number of nitrogens with one attached hydrogen (secondary N) is 1. The van der Waals surface area contributed by atoms with Crippen molar-refractivity contribution in [3.05, 3.63) is 0 Å². The van der Waals surface area contributed by atoms with E-state index in [1.165, 1.54) is 19.3 Å². The van der Waals surface area contributed by atoms with Gasteiger partial charge in [-0.1, -0.05) is 26.2 Å². The SMILES string of the molecule is CCC(CN)CC(=O)NCCCC1CC1. The third-order valence-corrected chi connectivity index (χ3v) is 3.19. The van der Waals surface area contributed by atoms with E-state index in [9.17, 15) is 4.79 Å². The quantitative estimate of drug-likeness (QED) is 0.601. The molecule has 3 N–H and O–H groups in total. The number of carbonyl (C=O) groups is 1. The molecule has 0 heterocycles. The van der Waals surface area contributed by atoms with E-state index in [-0.39, 0.29) is 5.91 Å². The van der Waals surface area contributed by atoms with Gasteiger partial charge in [0.2, 0.25) is 5.91 Å². The maximum Gasteiger partial charge on any atom is 0.220 e. The molecule has 1 amide bonds. The van der Waals surface area contributed by atoms with Gasteiger partial charge in [0, 0.05) is 13.0 Å². The highest BCUT2D eigenvalue weighted by molar-refractivity contribution is 5.76. The van der Waals surface area contributed by atoms with Gasteiger partial charge in [-0.25, -0.2) is 0 Å². The van der Waals surface area contributed by atoms with E-state index in [2.05, 4.69) is 12.2 Å². The van der Waals surface area contributed by atoms with Crippen molar-refractivity contribution in [2.75, 3.05) is 13.1 Å². The highest BCUT2D eigenvalue weighted by Gasteiger charge is 2.20. The van der Waals surface area contributed by atoms with Crippen molar-refractivity contribution < 1.29 is 4.79 Å². The third kappa shape index (κ3) is 5.78. The summed E-state index contributed by atoms with van der Waals surface area (Å²) in [5.41, 5.74) is 5.55. The minimum atomic E-state index is 0.170. The van der Waals surface area contributed by atoms with Crippen LogP contribution >= 0.6 is 0 Å². The zero-order valence-electron chi connectivity index (χ0n) is 9.80. The summed E-state index contributed by atoms with van der Waals surface area (Å²) in [7, 11) is 0. The van der Waals surface area contributed by atoms with Gasteiger partial charge < -0.3 is 11.1 Å². The predicted molar refractivity (Wildman–Crippen MR) is 62.4 cm³/mol. The molecule has 3 heteroatoms. The summed E-state index contributed by atoms with van der Waals surface area (Å²) in [6.45, 7) is 3.54. The zero-order chi connectivity index (χ0) is 11.1. The lowest BCUT2D eigenvalue weighted by Crippen LogP contribution is -2.28. The molecule has 1 aliphatic rings. The second-order valence-corrected chi connectivity index (χ2v) is 4.65. The molecular formula is C12H24N2O. The van der Waals surface area contributed by atoms with Gasteiger partial charge in [0.25, 0.3) is 0 Å². The van der Waals surface area contributed by atoms with Gasteiger partial charge in [0.15, 0.2) is 0 Å². The molecule has 0 aromatic carbocycles. The topological polar surface area (TPSA) is 55.1 Å². The van der Waals surface area contributed by atoms with Crippen LogP contribution < -0.4 is 11.1 Å². The first-order valence-electron chi connectivity index (χ1n) is 6.23. The van der Waals surface area contributed by atoms with E-state index in [4.69, 9.17) is 5.73 Å². The average Bonchev–Trinajstić information content (AvgIpc) is 3.05. The van der Waals surface area contributed by atoms with Gasteiger partial charge in [-0.2, -0.15) is 0 Å². The molecular weight excluding hydrogens is 188 g/mol. The van der Waals surface area contributed by atoms with Gasteiger partial charge in [0.1, 0.15) is 0 Å². The first-order chi connectivity index (χ1) is 7.26. The third-order valence-electron chi connectivity index (χ3n) is 3.19. The van der Waals surface area contributed by atoms with Crippen LogP contribution in [0, 0.1) is 11.8 Å². The first kappa shape index (κ1) is 12.5. The lowest BCUT2D eigenvalue weighted by Gasteiger charge is -2.11. The molecule has 1 aliphatic carbocycles. The Morgan fingerprint density at radius 3 is 2.80 bits per heavy atom. The molecule has 1 atom stereocenters. The standard InChI is InChI=1S/C12H24N2O/c1-2-10(9-13)8-12(15)14-7-3-4-11-5-6-11/h10-11H,2-9,13H2,1H3,(H,14,15). The van der Waals surface area contributed by atoms with E-state index in [1.807, 2.05) is 0 Å². The van der Waals surface area contributed by atoms with Crippen LogP contribution in [0.5, 0.6) is 0 Å². The van der Waals surface area contributed by atoms with Gasteiger partial charge in [0.05, 0.1) is 0 Å². The minimum absolute atomic E-state index is 0.170. The monoisotopic (exact) mass is 212 g/mol. The van der Waals surface area contributed by atoms with Gasteiger partial charge in [-0.15, -0.1) is 0 Å². The van der Waals surface area contributed by atoms with E-state index in [1.54, 1.807) is 0 Å². The maximum absolute atomic E-state index is 11.5. The highest BCUT2D eigenvalue weighted by Crippen LogP contribution is 2.33. The van der Waals surface area contributed by atoms with Gasteiger partial charge in [-0.05, 0) is 31.2 Å². The smallest absolute Gasteiger partial charge is 0.220 e. The van der Waals surface area contributed by atoms with Crippen LogP contribution in [0.25, 0.3) is 0 Å². The second kappa shape index (κ2) is 6.83. The summed E-state index contributed by atoms with van der Waals surface area (Å²) in [5, 5.41) is 2.97. The number of hydrogen-bond acceptors (Lipinski definition) is 2. The normalized spacial score (nSPS) is 17.5. The van der Waals surface area contributed by atoms with Crippen LogP contribution in [0.15, 0.2) is 0 Å². The van der Waals surface area contributed by atoms with E-state index < -0.39 is 0 Å². The number of carbonyl (C=O) groups excluding carboxylic acids is 1. The Morgan fingerprint density at radius 2 is 2.27 bits per heavy atom. The van der Waals surface area contributed by atoms with Crippen molar-refractivity contribution in [3.8, 4) is 0 Å². The molecule has 1 rings (SSSR count). The van der Waals surface area contributed by atoms with Crippen molar-refractivity contribution in [1.29, 1.82) is 0 Å². The lowest BCUT2D eigenvalue weighted by atomic mass is 10.0. The number of amides is 1. The highest BCUT2D eigenvalue weighted by atomic mass is 16.1. The predicted octanol–water partition coefficient (Wildman–Crippen LogP) is 1.67. The largest absolute Gasteiger partial charge is 0.356 e. The number of hydrogen-bond donors (Lipinski definition) is 2. The Labute approximate surface area is 92.8 Å². The van der Waals surface area contributed by atoms with Crippen LogP contribution in [-0.4, -0.2) is 19.0 Å². The molecule has 15 heavy (non-hydrogen) atoms. The molecule has 1 unspecified atom stereocenters. The molecule has 0 aliphatic heterocycles. The average molecular weight is 212 g/mol.